The predicted octanol–water partition coefficient (Wildman–Crippen LogP) is 3.69. The van der Waals surface area contributed by atoms with Gasteiger partial charge in [-0.1, -0.05) is 0 Å². The smallest absolute Gasteiger partial charge is 0.258 e. The Kier molecular flexibility index (Phi) is 5.50. The van der Waals surface area contributed by atoms with Crippen molar-refractivity contribution in [3.63, 3.8) is 0 Å². The Balaban J connectivity index is 2.07. The summed E-state index contributed by atoms with van der Waals surface area (Å²) in [6.45, 7) is 4.31. The van der Waals surface area contributed by atoms with Crippen LogP contribution in [-0.4, -0.2) is 17.5 Å². The zero-order chi connectivity index (χ0) is 15.9. The van der Waals surface area contributed by atoms with Crippen LogP contribution in [0.15, 0.2) is 24.4 Å². The number of pyridine rings is 1. The van der Waals surface area contributed by atoms with E-state index in [-0.39, 0.29) is 5.91 Å². The first-order chi connectivity index (χ1) is 10.6. The van der Waals surface area contributed by atoms with E-state index in [2.05, 4.69) is 16.4 Å². The molecule has 5 nitrogen and oxygen atoms in total. The number of carbonyl (C=O) groups excluding carboxylic acids is 1. The number of hydrogen-bond acceptors (Lipinski definition) is 5. The average Bonchev–Trinajstić information content (AvgIpc) is 2.84. The molecule has 1 N–H and O–H groups in total. The summed E-state index contributed by atoms with van der Waals surface area (Å²) < 4.78 is 5.59. The van der Waals surface area contributed by atoms with Crippen molar-refractivity contribution in [1.82, 2.24) is 4.98 Å². The van der Waals surface area contributed by atoms with Gasteiger partial charge in [-0.3, -0.25) is 4.79 Å². The van der Waals surface area contributed by atoms with E-state index in [4.69, 9.17) is 10.00 Å². The summed E-state index contributed by atoms with van der Waals surface area (Å²) in [5.41, 5.74) is 0.656. The maximum Gasteiger partial charge on any atom is 0.258 e. The van der Waals surface area contributed by atoms with E-state index >= 15 is 0 Å². The summed E-state index contributed by atoms with van der Waals surface area (Å²) in [7, 11) is 0. The Morgan fingerprint density at radius 3 is 3.00 bits per heavy atom. The van der Waals surface area contributed by atoms with Gasteiger partial charge >= 0.3 is 0 Å². The van der Waals surface area contributed by atoms with Gasteiger partial charge in [0.15, 0.2) is 11.6 Å². The second-order valence-corrected chi connectivity index (χ2v) is 6.20. The van der Waals surface area contributed by atoms with Crippen molar-refractivity contribution in [3.8, 4) is 11.8 Å². The van der Waals surface area contributed by atoms with Crippen LogP contribution in [0.1, 0.15) is 33.0 Å². The molecule has 1 amide bonds. The minimum atomic E-state index is -0.192. The number of aryl methyl sites for hydroxylation is 2. The molecule has 0 bridgehead atoms. The summed E-state index contributed by atoms with van der Waals surface area (Å²) >= 11 is 1.59. The zero-order valence-electron chi connectivity index (χ0n) is 12.5. The molecule has 0 atom stereocenters. The molecule has 2 aromatic heterocycles. The first-order valence-corrected chi connectivity index (χ1v) is 7.76. The first kappa shape index (κ1) is 16.0. The Morgan fingerprint density at radius 2 is 2.32 bits per heavy atom. The van der Waals surface area contributed by atoms with Crippen molar-refractivity contribution in [1.29, 1.82) is 5.26 Å². The van der Waals surface area contributed by atoms with Gasteiger partial charge in [0.1, 0.15) is 0 Å². The van der Waals surface area contributed by atoms with Crippen LogP contribution >= 0.6 is 11.3 Å². The summed E-state index contributed by atoms with van der Waals surface area (Å²) in [6, 6.07) is 7.43. The van der Waals surface area contributed by atoms with E-state index in [1.807, 2.05) is 19.9 Å². The highest BCUT2D eigenvalue weighted by atomic mass is 32.1. The van der Waals surface area contributed by atoms with Gasteiger partial charge in [-0.2, -0.15) is 5.26 Å². The number of nitriles is 1. The number of ether oxygens (including phenoxy) is 1. The molecule has 0 aromatic carbocycles. The second-order valence-electron chi connectivity index (χ2n) is 4.74. The number of unbranched alkanes of at least 4 members (excludes halogenated alkanes) is 1. The molecule has 2 aromatic rings. The number of thiophene rings is 1. The molecule has 2 heterocycles. The van der Waals surface area contributed by atoms with Crippen molar-refractivity contribution >= 4 is 23.1 Å². The first-order valence-electron chi connectivity index (χ1n) is 6.95. The number of carbonyl (C=O) groups is 1. The third-order valence-electron chi connectivity index (χ3n) is 2.98. The number of hydrogen-bond donors (Lipinski definition) is 1. The van der Waals surface area contributed by atoms with Crippen LogP contribution in [0.2, 0.25) is 0 Å². The van der Waals surface area contributed by atoms with E-state index in [1.165, 1.54) is 0 Å². The molecule has 0 saturated heterocycles. The van der Waals surface area contributed by atoms with Gasteiger partial charge in [0.2, 0.25) is 0 Å². The fourth-order valence-electron chi connectivity index (χ4n) is 1.97. The van der Waals surface area contributed by atoms with Gasteiger partial charge in [-0.05, 0) is 38.5 Å². The molecule has 22 heavy (non-hydrogen) atoms. The van der Waals surface area contributed by atoms with Crippen molar-refractivity contribution in [2.45, 2.75) is 26.7 Å². The second kappa shape index (κ2) is 7.57. The van der Waals surface area contributed by atoms with E-state index < -0.39 is 0 Å². The van der Waals surface area contributed by atoms with Crippen molar-refractivity contribution in [2.75, 3.05) is 11.9 Å². The number of rotatable bonds is 6. The third kappa shape index (κ3) is 4.06. The molecule has 0 radical (unpaired) electrons. The number of aromatic nitrogens is 1. The third-order valence-corrected chi connectivity index (χ3v) is 3.94. The van der Waals surface area contributed by atoms with E-state index in [0.29, 0.717) is 36.6 Å². The van der Waals surface area contributed by atoms with Crippen LogP contribution in [0.3, 0.4) is 0 Å². The Hall–Kier alpha value is -2.39. The molecule has 0 fully saturated rings. The number of anilines is 1. The summed E-state index contributed by atoms with van der Waals surface area (Å²) in [4.78, 5) is 18.6. The van der Waals surface area contributed by atoms with Crippen LogP contribution < -0.4 is 10.1 Å². The molecule has 2 rings (SSSR count). The SMILES string of the molecule is Cc1cc(C(=O)Nc2ncccc2OCCCC#N)c(C)s1. The Bertz CT molecular complexity index is 704. The summed E-state index contributed by atoms with van der Waals surface area (Å²) in [6.07, 6.45) is 2.68. The molecule has 0 aliphatic carbocycles. The number of nitrogens with zero attached hydrogens (tertiary/aromatic N) is 2. The Labute approximate surface area is 133 Å². The quantitative estimate of drug-likeness (QED) is 0.825. The minimum absolute atomic E-state index is 0.192. The molecule has 0 aliphatic rings. The van der Waals surface area contributed by atoms with Crippen LogP contribution in [0, 0.1) is 25.2 Å². The fourth-order valence-corrected chi connectivity index (χ4v) is 2.89. The van der Waals surface area contributed by atoms with Crippen LogP contribution in [0.5, 0.6) is 5.75 Å². The number of nitrogens with one attached hydrogen (secondary N) is 1. The van der Waals surface area contributed by atoms with Crippen LogP contribution in [0.4, 0.5) is 5.82 Å². The van der Waals surface area contributed by atoms with Gasteiger partial charge < -0.3 is 10.1 Å². The number of amides is 1. The molecule has 0 spiro atoms. The lowest BCUT2D eigenvalue weighted by molar-refractivity contribution is 0.102. The highest BCUT2D eigenvalue weighted by Crippen LogP contribution is 2.25. The topological polar surface area (TPSA) is 75.0 Å². The maximum atomic E-state index is 12.3. The fraction of sp³-hybridized carbons (Fsp3) is 0.312. The van der Waals surface area contributed by atoms with Gasteiger partial charge in [0.05, 0.1) is 18.2 Å². The molecular formula is C16H17N3O2S. The van der Waals surface area contributed by atoms with E-state index in [9.17, 15) is 4.79 Å². The average molecular weight is 315 g/mol. The summed E-state index contributed by atoms with van der Waals surface area (Å²) in [5.74, 6) is 0.716. The monoisotopic (exact) mass is 315 g/mol. The molecule has 6 heteroatoms. The molecule has 0 saturated carbocycles. The summed E-state index contributed by atoms with van der Waals surface area (Å²) in [5, 5.41) is 11.3. The largest absolute Gasteiger partial charge is 0.490 e. The lowest BCUT2D eigenvalue weighted by atomic mass is 10.2. The zero-order valence-corrected chi connectivity index (χ0v) is 13.4. The highest BCUT2D eigenvalue weighted by Gasteiger charge is 2.15. The van der Waals surface area contributed by atoms with Crippen LogP contribution in [0.25, 0.3) is 0 Å². The van der Waals surface area contributed by atoms with Gasteiger partial charge in [-0.25, -0.2) is 4.98 Å². The van der Waals surface area contributed by atoms with E-state index in [1.54, 1.807) is 29.7 Å². The van der Waals surface area contributed by atoms with E-state index in [0.717, 1.165) is 9.75 Å². The standard InChI is InChI=1S/C16H17N3O2S/c1-11-10-13(12(2)22-11)16(20)19-15-14(6-5-8-18-15)21-9-4-3-7-17/h5-6,8,10H,3-4,9H2,1-2H3,(H,18,19,20). The van der Waals surface area contributed by atoms with Gasteiger partial charge in [0, 0.05) is 22.4 Å². The van der Waals surface area contributed by atoms with Crippen LogP contribution in [-0.2, 0) is 0 Å². The highest BCUT2D eigenvalue weighted by molar-refractivity contribution is 7.12. The lowest BCUT2D eigenvalue weighted by Gasteiger charge is -2.10. The molecule has 0 aliphatic heterocycles. The van der Waals surface area contributed by atoms with Crippen molar-refractivity contribution in [2.24, 2.45) is 0 Å². The lowest BCUT2D eigenvalue weighted by Crippen LogP contribution is -2.14. The van der Waals surface area contributed by atoms with Crippen molar-refractivity contribution in [3.05, 3.63) is 39.7 Å². The Morgan fingerprint density at radius 1 is 1.50 bits per heavy atom. The maximum absolute atomic E-state index is 12.3. The normalized spacial score (nSPS) is 10.0. The molecular weight excluding hydrogens is 298 g/mol. The minimum Gasteiger partial charge on any atom is -0.490 e. The predicted molar refractivity (Wildman–Crippen MR) is 86.3 cm³/mol. The van der Waals surface area contributed by atoms with Gasteiger partial charge in [0.25, 0.3) is 5.91 Å². The van der Waals surface area contributed by atoms with Gasteiger partial charge in [-0.15, -0.1) is 11.3 Å². The molecule has 0 unspecified atom stereocenters. The molecule has 114 valence electrons. The van der Waals surface area contributed by atoms with Crippen molar-refractivity contribution < 1.29 is 9.53 Å².